The number of aryl methyl sites for hydroxylation is 1. The van der Waals surface area contributed by atoms with E-state index < -0.39 is 32.1 Å². The van der Waals surface area contributed by atoms with Gasteiger partial charge in [0.1, 0.15) is 10.6 Å². The van der Waals surface area contributed by atoms with Crippen LogP contribution in [0, 0.1) is 17.0 Å². The van der Waals surface area contributed by atoms with Gasteiger partial charge in [0.15, 0.2) is 0 Å². The maximum absolute atomic E-state index is 12.3. The Hall–Kier alpha value is -1.71. The number of nitro groups is 1. The van der Waals surface area contributed by atoms with Gasteiger partial charge in [0.05, 0.1) is 9.82 Å². The molecular formula is C11H14ClN3O5S. The molecule has 0 aliphatic carbocycles. The second-order valence-corrected chi connectivity index (χ2v) is 6.98. The third-order valence-corrected chi connectivity index (χ3v) is 4.84. The number of amides is 1. The molecule has 0 saturated heterocycles. The maximum atomic E-state index is 12.3. The summed E-state index contributed by atoms with van der Waals surface area (Å²) < 4.78 is 26.7. The van der Waals surface area contributed by atoms with Crippen molar-refractivity contribution in [1.82, 2.24) is 4.72 Å². The molecule has 0 radical (unpaired) electrons. The maximum Gasteiger partial charge on any atom is 0.289 e. The fourth-order valence-corrected chi connectivity index (χ4v) is 3.43. The first-order valence-corrected chi connectivity index (χ1v) is 7.53. The van der Waals surface area contributed by atoms with Crippen LogP contribution in [0.15, 0.2) is 17.0 Å². The Kier molecular flexibility index (Phi) is 4.61. The normalized spacial score (nSPS) is 12.2. The van der Waals surface area contributed by atoms with E-state index in [0.29, 0.717) is 0 Å². The predicted octanol–water partition coefficient (Wildman–Crippen LogP) is 1.10. The molecule has 0 aromatic heterocycles. The number of benzene rings is 1. The van der Waals surface area contributed by atoms with Crippen molar-refractivity contribution in [3.05, 3.63) is 32.8 Å². The van der Waals surface area contributed by atoms with Crippen LogP contribution in [0.5, 0.6) is 0 Å². The molecule has 116 valence electrons. The molecule has 1 rings (SSSR count). The van der Waals surface area contributed by atoms with Crippen LogP contribution < -0.4 is 10.5 Å². The minimum atomic E-state index is -4.18. The zero-order valence-electron chi connectivity index (χ0n) is 11.5. The molecule has 0 atom stereocenters. The van der Waals surface area contributed by atoms with Gasteiger partial charge in [0.25, 0.3) is 5.69 Å². The second-order valence-electron chi connectivity index (χ2n) is 4.92. The second kappa shape index (κ2) is 5.58. The summed E-state index contributed by atoms with van der Waals surface area (Å²) in [5.41, 5.74) is 3.22. The molecule has 0 spiro atoms. The first-order valence-electron chi connectivity index (χ1n) is 5.67. The summed E-state index contributed by atoms with van der Waals surface area (Å²) in [6.07, 6.45) is 0. The van der Waals surface area contributed by atoms with Gasteiger partial charge in [-0.15, -0.1) is 0 Å². The summed E-state index contributed by atoms with van der Waals surface area (Å²) in [5.74, 6) is -0.882. The lowest BCUT2D eigenvalue weighted by Crippen LogP contribution is -2.52. The number of hydrogen-bond donors (Lipinski definition) is 2. The molecule has 0 bridgehead atoms. The fraction of sp³-hybridized carbons (Fsp3) is 0.364. The van der Waals surface area contributed by atoms with Crippen molar-refractivity contribution < 1.29 is 18.1 Å². The van der Waals surface area contributed by atoms with Crippen molar-refractivity contribution in [2.75, 3.05) is 0 Å². The molecular weight excluding hydrogens is 322 g/mol. The summed E-state index contributed by atoms with van der Waals surface area (Å²) in [6, 6.07) is 2.02. The molecule has 8 nitrogen and oxygen atoms in total. The van der Waals surface area contributed by atoms with Gasteiger partial charge >= 0.3 is 0 Å². The minimum Gasteiger partial charge on any atom is -0.368 e. The Morgan fingerprint density at radius 2 is 1.95 bits per heavy atom. The molecule has 0 fully saturated rings. The molecule has 0 saturated carbocycles. The number of halogens is 1. The summed E-state index contributed by atoms with van der Waals surface area (Å²) in [5, 5.41) is 10.7. The lowest BCUT2D eigenvalue weighted by Gasteiger charge is -2.22. The summed E-state index contributed by atoms with van der Waals surface area (Å²) in [6.45, 7) is 4.00. The van der Waals surface area contributed by atoms with Crippen LogP contribution >= 0.6 is 11.6 Å². The van der Waals surface area contributed by atoms with E-state index in [9.17, 15) is 23.3 Å². The van der Waals surface area contributed by atoms with Crippen molar-refractivity contribution in [2.24, 2.45) is 5.73 Å². The van der Waals surface area contributed by atoms with Crippen LogP contribution in [0.3, 0.4) is 0 Å². The van der Waals surface area contributed by atoms with E-state index in [1.54, 1.807) is 0 Å². The molecule has 0 aliphatic heterocycles. The van der Waals surface area contributed by atoms with Crippen LogP contribution in [0.1, 0.15) is 19.4 Å². The average molecular weight is 336 g/mol. The number of nitrogens with zero attached hydrogens (tertiary/aromatic N) is 1. The molecule has 1 aromatic carbocycles. The summed E-state index contributed by atoms with van der Waals surface area (Å²) >= 11 is 5.70. The van der Waals surface area contributed by atoms with Crippen molar-refractivity contribution >= 4 is 33.2 Å². The van der Waals surface area contributed by atoms with Gasteiger partial charge in [0.2, 0.25) is 15.9 Å². The fourth-order valence-electron chi connectivity index (χ4n) is 1.51. The van der Waals surface area contributed by atoms with E-state index in [0.717, 1.165) is 6.07 Å². The van der Waals surface area contributed by atoms with Gasteiger partial charge in [-0.3, -0.25) is 14.9 Å². The van der Waals surface area contributed by atoms with Crippen molar-refractivity contribution in [1.29, 1.82) is 0 Å². The highest BCUT2D eigenvalue weighted by Gasteiger charge is 2.33. The number of rotatable bonds is 5. The van der Waals surface area contributed by atoms with Gasteiger partial charge in [0, 0.05) is 6.07 Å². The topological polar surface area (TPSA) is 132 Å². The largest absolute Gasteiger partial charge is 0.368 e. The van der Waals surface area contributed by atoms with Crippen LogP contribution in [-0.4, -0.2) is 24.8 Å². The van der Waals surface area contributed by atoms with Crippen LogP contribution in [0.25, 0.3) is 0 Å². The van der Waals surface area contributed by atoms with E-state index in [2.05, 4.69) is 4.72 Å². The van der Waals surface area contributed by atoms with E-state index in [1.807, 2.05) is 0 Å². The molecule has 0 heterocycles. The zero-order chi connectivity index (χ0) is 16.6. The third kappa shape index (κ3) is 3.69. The number of primary amides is 1. The van der Waals surface area contributed by atoms with Crippen molar-refractivity contribution in [3.63, 3.8) is 0 Å². The van der Waals surface area contributed by atoms with Gasteiger partial charge in [-0.05, 0) is 32.4 Å². The number of nitro benzene ring substituents is 1. The number of hydrogen-bond acceptors (Lipinski definition) is 5. The molecule has 3 N–H and O–H groups in total. The molecule has 1 aromatic rings. The van der Waals surface area contributed by atoms with Crippen LogP contribution in [-0.2, 0) is 14.8 Å². The highest BCUT2D eigenvalue weighted by molar-refractivity contribution is 7.89. The summed E-state index contributed by atoms with van der Waals surface area (Å²) in [4.78, 5) is 20.9. The van der Waals surface area contributed by atoms with Crippen molar-refractivity contribution in [2.45, 2.75) is 31.2 Å². The van der Waals surface area contributed by atoms with Gasteiger partial charge in [-0.25, -0.2) is 8.42 Å². The predicted molar refractivity (Wildman–Crippen MR) is 76.4 cm³/mol. The molecule has 0 aliphatic rings. The highest BCUT2D eigenvalue weighted by atomic mass is 35.5. The smallest absolute Gasteiger partial charge is 0.289 e. The Balaban J connectivity index is 3.42. The Morgan fingerprint density at radius 1 is 1.43 bits per heavy atom. The number of sulfonamides is 1. The average Bonchev–Trinajstić information content (AvgIpc) is 2.25. The quantitative estimate of drug-likeness (QED) is 0.614. The standard InChI is InChI=1S/C11H14ClN3O5S/c1-6-4-7(12)8(15(17)18)5-9(6)21(19,20)14-11(2,3)10(13)16/h4-5,14H,1-3H3,(H2,13,16). The van der Waals surface area contributed by atoms with Crippen LogP contribution in [0.2, 0.25) is 5.02 Å². The number of carbonyl (C=O) groups excluding carboxylic acids is 1. The molecule has 1 amide bonds. The highest BCUT2D eigenvalue weighted by Crippen LogP contribution is 2.30. The molecule has 10 heteroatoms. The Labute approximate surface area is 126 Å². The monoisotopic (exact) mass is 335 g/mol. The Bertz CT molecular complexity index is 715. The lowest BCUT2D eigenvalue weighted by molar-refractivity contribution is -0.384. The van der Waals surface area contributed by atoms with E-state index >= 15 is 0 Å². The first kappa shape index (κ1) is 17.3. The van der Waals surface area contributed by atoms with Gasteiger partial charge in [-0.1, -0.05) is 11.6 Å². The SMILES string of the molecule is Cc1cc(Cl)c([N+](=O)[O-])cc1S(=O)(=O)NC(C)(C)C(N)=O. The number of nitrogens with two attached hydrogens (primary N) is 1. The summed E-state index contributed by atoms with van der Waals surface area (Å²) in [7, 11) is -4.18. The van der Waals surface area contributed by atoms with Gasteiger partial charge < -0.3 is 5.73 Å². The molecule has 0 unspecified atom stereocenters. The zero-order valence-corrected chi connectivity index (χ0v) is 13.1. The molecule has 21 heavy (non-hydrogen) atoms. The first-order chi connectivity index (χ1) is 9.38. The van der Waals surface area contributed by atoms with Crippen molar-refractivity contribution in [3.8, 4) is 0 Å². The Morgan fingerprint density at radius 3 is 2.38 bits per heavy atom. The van der Waals surface area contributed by atoms with E-state index in [1.165, 1.54) is 26.8 Å². The van der Waals surface area contributed by atoms with Crippen LogP contribution in [0.4, 0.5) is 5.69 Å². The van der Waals surface area contributed by atoms with E-state index in [-0.39, 0.29) is 15.5 Å². The third-order valence-electron chi connectivity index (χ3n) is 2.74. The van der Waals surface area contributed by atoms with Gasteiger partial charge in [-0.2, -0.15) is 4.72 Å². The lowest BCUT2D eigenvalue weighted by atomic mass is 10.1. The van der Waals surface area contributed by atoms with E-state index in [4.69, 9.17) is 17.3 Å². The number of nitrogens with one attached hydrogen (secondary N) is 1. The minimum absolute atomic E-state index is 0.175. The number of carbonyl (C=O) groups is 1.